The van der Waals surface area contributed by atoms with Crippen LogP contribution < -0.4 is 4.90 Å². The van der Waals surface area contributed by atoms with Crippen molar-refractivity contribution in [3.8, 4) is 0 Å². The molecule has 1 aromatic heterocycles. The van der Waals surface area contributed by atoms with Crippen LogP contribution in [0.5, 0.6) is 0 Å². The molecule has 4 rings (SSSR count). The molecule has 0 aliphatic carbocycles. The van der Waals surface area contributed by atoms with Gasteiger partial charge < -0.3 is 4.90 Å². The van der Waals surface area contributed by atoms with Gasteiger partial charge in [0, 0.05) is 4.88 Å². The maximum atomic E-state index is 13.9. The van der Waals surface area contributed by atoms with Crippen molar-refractivity contribution in [2.75, 3.05) is 17.4 Å². The summed E-state index contributed by atoms with van der Waals surface area (Å²) in [7, 11) is 0. The van der Waals surface area contributed by atoms with Crippen LogP contribution in [0, 0.1) is 5.82 Å². The van der Waals surface area contributed by atoms with Crippen molar-refractivity contribution in [3.63, 3.8) is 0 Å². The Balaban J connectivity index is 1.59. The average Bonchev–Trinajstić information content (AvgIpc) is 3.17. The maximum absolute atomic E-state index is 13.9. The minimum absolute atomic E-state index is 0.137. The zero-order valence-electron chi connectivity index (χ0n) is 12.0. The largest absolute Gasteiger partial charge is 0.341 e. The number of carbonyl (C=O) groups excluding carboxylic acids is 1. The lowest BCUT2D eigenvalue weighted by Gasteiger charge is -2.34. The Morgan fingerprint density at radius 3 is 2.87 bits per heavy atom. The number of nitrogens with zero attached hydrogens (tertiary/aromatic N) is 3. The highest BCUT2D eigenvalue weighted by Gasteiger charge is 2.35. The van der Waals surface area contributed by atoms with Crippen molar-refractivity contribution >= 4 is 45.9 Å². The summed E-state index contributed by atoms with van der Waals surface area (Å²) in [6.45, 7) is 0.313. The molecule has 0 atom stereocenters. The first-order chi connectivity index (χ1) is 11.2. The molecule has 1 saturated heterocycles. The molecule has 2 aliphatic heterocycles. The Hall–Kier alpha value is -2.12. The lowest BCUT2D eigenvalue weighted by molar-refractivity contribution is -0.122. The van der Waals surface area contributed by atoms with Crippen molar-refractivity contribution < 1.29 is 9.18 Å². The predicted octanol–water partition coefficient (Wildman–Crippen LogP) is 3.59. The summed E-state index contributed by atoms with van der Waals surface area (Å²) in [6.07, 6.45) is 1.80. The summed E-state index contributed by atoms with van der Waals surface area (Å²) >= 11 is 3.00. The summed E-state index contributed by atoms with van der Waals surface area (Å²) in [6, 6.07) is 10.5. The van der Waals surface area contributed by atoms with E-state index < -0.39 is 0 Å². The van der Waals surface area contributed by atoms with Gasteiger partial charge in [0.1, 0.15) is 18.2 Å². The number of fused-ring (bicyclic) bond motifs is 1. The van der Waals surface area contributed by atoms with E-state index in [-0.39, 0.29) is 11.7 Å². The predicted molar refractivity (Wildman–Crippen MR) is 92.8 cm³/mol. The average molecular weight is 345 g/mol. The van der Waals surface area contributed by atoms with Crippen molar-refractivity contribution in [1.82, 2.24) is 4.90 Å². The quantitative estimate of drug-likeness (QED) is 0.781. The van der Waals surface area contributed by atoms with Crippen LogP contribution in [-0.4, -0.2) is 28.5 Å². The molecule has 4 nitrogen and oxygen atoms in total. The fourth-order valence-electron chi connectivity index (χ4n) is 2.47. The van der Waals surface area contributed by atoms with Crippen molar-refractivity contribution in [2.45, 2.75) is 0 Å². The van der Waals surface area contributed by atoms with E-state index in [4.69, 9.17) is 0 Å². The number of hydrogen-bond donors (Lipinski definition) is 0. The third kappa shape index (κ3) is 2.66. The third-order valence-electron chi connectivity index (χ3n) is 3.59. The Morgan fingerprint density at radius 2 is 2.09 bits per heavy atom. The molecule has 3 heterocycles. The number of hydrogen-bond acceptors (Lipinski definition) is 5. The fourth-order valence-corrected chi connectivity index (χ4v) is 4.08. The molecule has 1 amide bonds. The van der Waals surface area contributed by atoms with Crippen LogP contribution in [0.1, 0.15) is 4.88 Å². The number of thioether (sulfide) groups is 1. The lowest BCUT2D eigenvalue weighted by atomic mass is 10.3. The molecular weight excluding hydrogens is 333 g/mol. The van der Waals surface area contributed by atoms with E-state index in [0.717, 1.165) is 4.88 Å². The molecule has 1 aromatic carbocycles. The zero-order valence-corrected chi connectivity index (χ0v) is 13.6. The lowest BCUT2D eigenvalue weighted by Crippen LogP contribution is -2.46. The van der Waals surface area contributed by atoms with E-state index in [0.29, 0.717) is 29.1 Å². The molecule has 2 aromatic rings. The molecule has 1 fully saturated rings. The van der Waals surface area contributed by atoms with Gasteiger partial charge in [0.15, 0.2) is 5.17 Å². The van der Waals surface area contributed by atoms with Gasteiger partial charge in [-0.25, -0.2) is 9.38 Å². The summed E-state index contributed by atoms with van der Waals surface area (Å²) < 4.78 is 13.9. The zero-order chi connectivity index (χ0) is 15.8. The Kier molecular flexibility index (Phi) is 3.66. The van der Waals surface area contributed by atoms with Crippen LogP contribution in [0.15, 0.2) is 52.5 Å². The second-order valence-electron chi connectivity index (χ2n) is 5.08. The van der Waals surface area contributed by atoms with Gasteiger partial charge in [0.25, 0.3) is 5.91 Å². The van der Waals surface area contributed by atoms with Crippen molar-refractivity contribution in [2.24, 2.45) is 4.99 Å². The molecule has 116 valence electrons. The van der Waals surface area contributed by atoms with E-state index in [2.05, 4.69) is 4.99 Å². The van der Waals surface area contributed by atoms with Crippen molar-refractivity contribution in [1.29, 1.82) is 0 Å². The number of amidine groups is 1. The number of carbonyl (C=O) groups is 1. The van der Waals surface area contributed by atoms with Crippen LogP contribution in [0.4, 0.5) is 10.1 Å². The van der Waals surface area contributed by atoms with Crippen molar-refractivity contribution in [3.05, 3.63) is 58.2 Å². The number of rotatable bonds is 2. The minimum atomic E-state index is -0.283. The number of thiophene rings is 1. The molecule has 0 radical (unpaired) electrons. The molecule has 7 heteroatoms. The standard InChI is InChI=1S/C16H12FN3OS2/c17-12-5-1-2-6-14(12)19-9-20-15(21)13(18-16(20)23-10-19)8-11-4-3-7-22-11/h1-8H,9-10H2/b13-8-. The van der Waals surface area contributed by atoms with Gasteiger partial charge >= 0.3 is 0 Å². The van der Waals surface area contributed by atoms with Gasteiger partial charge in [0.05, 0.1) is 11.6 Å². The second-order valence-corrected chi connectivity index (χ2v) is 6.97. The molecule has 0 spiro atoms. The highest BCUT2D eigenvalue weighted by molar-refractivity contribution is 8.14. The van der Waals surface area contributed by atoms with Gasteiger partial charge in [-0.05, 0) is 29.7 Å². The van der Waals surface area contributed by atoms with E-state index in [1.807, 2.05) is 22.4 Å². The van der Waals surface area contributed by atoms with E-state index in [1.54, 1.807) is 40.5 Å². The molecule has 0 unspecified atom stereocenters. The smallest absolute Gasteiger partial charge is 0.280 e. The number of amides is 1. The third-order valence-corrected chi connectivity index (χ3v) is 5.42. The maximum Gasteiger partial charge on any atom is 0.280 e. The number of halogens is 1. The number of aliphatic imine (C=N–C) groups is 1. The Labute approximate surface area is 140 Å². The first kappa shape index (κ1) is 14.5. The molecule has 0 saturated carbocycles. The Bertz CT molecular complexity index is 816. The van der Waals surface area contributed by atoms with E-state index >= 15 is 0 Å². The SMILES string of the molecule is O=C1/C(=C/c2cccs2)N=C2SCN(c3ccccc3F)CN12. The first-order valence-electron chi connectivity index (χ1n) is 7.00. The summed E-state index contributed by atoms with van der Waals surface area (Å²) in [5.41, 5.74) is 0.938. The topological polar surface area (TPSA) is 35.9 Å². The fraction of sp³-hybridized carbons (Fsp3) is 0.125. The van der Waals surface area contributed by atoms with Crippen LogP contribution >= 0.6 is 23.1 Å². The van der Waals surface area contributed by atoms with Gasteiger partial charge in [0.2, 0.25) is 0 Å². The molecule has 0 N–H and O–H groups in total. The normalized spacial score (nSPS) is 19.3. The van der Waals surface area contributed by atoms with E-state index in [9.17, 15) is 9.18 Å². The highest BCUT2D eigenvalue weighted by atomic mass is 32.2. The molecule has 2 aliphatic rings. The highest BCUT2D eigenvalue weighted by Crippen LogP contribution is 2.32. The monoisotopic (exact) mass is 345 g/mol. The van der Waals surface area contributed by atoms with Crippen LogP contribution in [-0.2, 0) is 4.79 Å². The summed E-state index contributed by atoms with van der Waals surface area (Å²) in [5, 5.41) is 2.64. The van der Waals surface area contributed by atoms with Crippen LogP contribution in [0.25, 0.3) is 6.08 Å². The van der Waals surface area contributed by atoms with Crippen LogP contribution in [0.3, 0.4) is 0 Å². The second kappa shape index (κ2) is 5.82. The number of anilines is 1. The number of benzene rings is 1. The van der Waals surface area contributed by atoms with Gasteiger partial charge in [-0.15, -0.1) is 11.3 Å². The van der Waals surface area contributed by atoms with Gasteiger partial charge in [-0.3, -0.25) is 9.69 Å². The first-order valence-corrected chi connectivity index (χ1v) is 8.87. The van der Waals surface area contributed by atoms with E-state index in [1.165, 1.54) is 17.8 Å². The molecular formula is C16H12FN3OS2. The Morgan fingerprint density at radius 1 is 1.22 bits per heavy atom. The minimum Gasteiger partial charge on any atom is -0.341 e. The van der Waals surface area contributed by atoms with Crippen LogP contribution in [0.2, 0.25) is 0 Å². The molecule has 0 bridgehead atoms. The number of para-hydroxylation sites is 1. The summed E-state index contributed by atoms with van der Waals surface area (Å²) in [5.74, 6) is 0.145. The van der Waals surface area contributed by atoms with Gasteiger partial charge in [-0.2, -0.15) is 0 Å². The van der Waals surface area contributed by atoms with Gasteiger partial charge in [-0.1, -0.05) is 30.0 Å². The molecule has 23 heavy (non-hydrogen) atoms. The summed E-state index contributed by atoms with van der Waals surface area (Å²) in [4.78, 5) is 21.4.